The lowest BCUT2D eigenvalue weighted by Crippen LogP contribution is -2.63. The maximum atomic E-state index is 5.43. The zero-order valence-electron chi connectivity index (χ0n) is 11.7. The third kappa shape index (κ3) is 3.43. The molecule has 2 unspecified atom stereocenters. The summed E-state index contributed by atoms with van der Waals surface area (Å²) in [4.78, 5) is 2.65. The van der Waals surface area contributed by atoms with Crippen molar-refractivity contribution in [1.29, 1.82) is 0 Å². The van der Waals surface area contributed by atoms with Crippen molar-refractivity contribution in [3.05, 3.63) is 0 Å². The van der Waals surface area contributed by atoms with Crippen molar-refractivity contribution in [2.75, 3.05) is 32.8 Å². The molecule has 0 spiro atoms. The van der Waals surface area contributed by atoms with Crippen LogP contribution < -0.4 is 5.32 Å². The van der Waals surface area contributed by atoms with Crippen LogP contribution in [0.2, 0.25) is 0 Å². The van der Waals surface area contributed by atoms with Crippen molar-refractivity contribution in [2.24, 2.45) is 5.92 Å². The first-order valence-electron chi connectivity index (χ1n) is 7.22. The minimum absolute atomic E-state index is 0.373. The van der Waals surface area contributed by atoms with Crippen LogP contribution in [-0.2, 0) is 4.74 Å². The van der Waals surface area contributed by atoms with Crippen molar-refractivity contribution < 1.29 is 4.74 Å². The van der Waals surface area contributed by atoms with Crippen LogP contribution in [0.5, 0.6) is 0 Å². The van der Waals surface area contributed by atoms with Gasteiger partial charge in [-0.1, -0.05) is 0 Å². The van der Waals surface area contributed by atoms with Gasteiger partial charge in [-0.25, -0.2) is 0 Å². The Morgan fingerprint density at radius 3 is 2.82 bits per heavy atom. The number of nitrogens with one attached hydrogen (secondary N) is 1. The highest BCUT2D eigenvalue weighted by molar-refractivity contribution is 5.03. The molecule has 2 fully saturated rings. The van der Waals surface area contributed by atoms with E-state index in [4.69, 9.17) is 4.74 Å². The van der Waals surface area contributed by atoms with Gasteiger partial charge in [0.15, 0.2) is 0 Å². The minimum atomic E-state index is 0.373. The first-order valence-corrected chi connectivity index (χ1v) is 7.22. The van der Waals surface area contributed by atoms with Crippen LogP contribution in [0.25, 0.3) is 0 Å². The third-order valence-electron chi connectivity index (χ3n) is 4.37. The van der Waals surface area contributed by atoms with Crippen molar-refractivity contribution in [1.82, 2.24) is 10.2 Å². The highest BCUT2D eigenvalue weighted by Gasteiger charge is 2.44. The molecule has 100 valence electrons. The Morgan fingerprint density at radius 2 is 2.18 bits per heavy atom. The number of rotatable bonds is 6. The second-order valence-corrected chi connectivity index (χ2v) is 5.94. The second-order valence-electron chi connectivity index (χ2n) is 5.94. The van der Waals surface area contributed by atoms with Crippen LogP contribution in [-0.4, -0.2) is 49.3 Å². The van der Waals surface area contributed by atoms with Gasteiger partial charge in [-0.05, 0) is 46.0 Å². The number of hydrogen-bond acceptors (Lipinski definition) is 3. The quantitative estimate of drug-likeness (QED) is 0.717. The molecule has 0 bridgehead atoms. The second kappa shape index (κ2) is 5.68. The van der Waals surface area contributed by atoms with E-state index in [2.05, 4.69) is 31.0 Å². The highest BCUT2D eigenvalue weighted by atomic mass is 16.5. The largest absolute Gasteiger partial charge is 0.382 e. The molecule has 0 radical (unpaired) electrons. The molecule has 3 heteroatoms. The van der Waals surface area contributed by atoms with Crippen LogP contribution in [0.1, 0.15) is 40.0 Å². The average Bonchev–Trinajstić information content (AvgIpc) is 3.13. The summed E-state index contributed by atoms with van der Waals surface area (Å²) in [6.07, 6.45) is 4.01. The Labute approximate surface area is 106 Å². The van der Waals surface area contributed by atoms with E-state index in [1.807, 2.05) is 0 Å². The fourth-order valence-electron chi connectivity index (χ4n) is 2.95. The number of piperazine rings is 1. The first-order chi connectivity index (χ1) is 8.15. The van der Waals surface area contributed by atoms with Gasteiger partial charge in [0, 0.05) is 44.4 Å². The van der Waals surface area contributed by atoms with Crippen molar-refractivity contribution >= 4 is 0 Å². The third-order valence-corrected chi connectivity index (χ3v) is 4.37. The van der Waals surface area contributed by atoms with Gasteiger partial charge < -0.3 is 10.1 Å². The molecule has 17 heavy (non-hydrogen) atoms. The maximum absolute atomic E-state index is 5.43. The molecule has 0 amide bonds. The summed E-state index contributed by atoms with van der Waals surface area (Å²) in [5.74, 6) is 0.921. The molecule has 2 aliphatic rings. The normalized spacial score (nSPS) is 35.1. The number of hydrogen-bond donors (Lipinski definition) is 1. The number of ether oxygens (including phenoxy) is 1. The maximum Gasteiger partial charge on any atom is 0.0478 e. The van der Waals surface area contributed by atoms with Crippen LogP contribution in [0.3, 0.4) is 0 Å². The molecule has 1 aliphatic carbocycles. The molecule has 0 aromatic heterocycles. The Bertz CT molecular complexity index is 242. The van der Waals surface area contributed by atoms with E-state index in [-0.39, 0.29) is 0 Å². The van der Waals surface area contributed by atoms with E-state index in [1.54, 1.807) is 0 Å². The van der Waals surface area contributed by atoms with Gasteiger partial charge in [0.2, 0.25) is 0 Å². The summed E-state index contributed by atoms with van der Waals surface area (Å²) < 4.78 is 5.43. The van der Waals surface area contributed by atoms with Crippen LogP contribution in [0.15, 0.2) is 0 Å². The lowest BCUT2D eigenvalue weighted by molar-refractivity contribution is 0.0682. The molecule has 1 aliphatic heterocycles. The predicted molar refractivity (Wildman–Crippen MR) is 71.3 cm³/mol. The summed E-state index contributed by atoms with van der Waals surface area (Å²) in [6, 6.07) is 0.670. The van der Waals surface area contributed by atoms with Gasteiger partial charge in [0.1, 0.15) is 0 Å². The number of nitrogens with zero attached hydrogens (tertiary/aromatic N) is 1. The average molecular weight is 240 g/mol. The molecule has 0 aromatic carbocycles. The van der Waals surface area contributed by atoms with Crippen LogP contribution in [0, 0.1) is 5.92 Å². The van der Waals surface area contributed by atoms with Gasteiger partial charge in [-0.15, -0.1) is 0 Å². The van der Waals surface area contributed by atoms with Crippen molar-refractivity contribution in [3.63, 3.8) is 0 Å². The summed E-state index contributed by atoms with van der Waals surface area (Å²) in [5, 5.41) is 3.77. The molecule has 0 aromatic rings. The molecule has 1 saturated carbocycles. The van der Waals surface area contributed by atoms with Gasteiger partial charge in [-0.3, -0.25) is 4.90 Å². The Balaban J connectivity index is 1.78. The molecule has 1 heterocycles. The van der Waals surface area contributed by atoms with Gasteiger partial charge in [0.05, 0.1) is 0 Å². The zero-order valence-corrected chi connectivity index (χ0v) is 11.7. The molecular formula is C14H28N2O. The van der Waals surface area contributed by atoms with E-state index in [9.17, 15) is 0 Å². The standard InChI is InChI=1S/C14H28N2O/c1-4-17-9-5-8-16-11-14(3,13-6-7-13)15-10-12(16)2/h12-13,15H,4-11H2,1-3H3. The fraction of sp³-hybridized carbons (Fsp3) is 1.00. The first kappa shape index (κ1) is 13.3. The van der Waals surface area contributed by atoms with E-state index >= 15 is 0 Å². The molecule has 2 rings (SSSR count). The minimum Gasteiger partial charge on any atom is -0.382 e. The van der Waals surface area contributed by atoms with E-state index < -0.39 is 0 Å². The van der Waals surface area contributed by atoms with Gasteiger partial charge in [0.25, 0.3) is 0 Å². The smallest absolute Gasteiger partial charge is 0.0478 e. The van der Waals surface area contributed by atoms with Gasteiger partial charge in [-0.2, -0.15) is 0 Å². The van der Waals surface area contributed by atoms with E-state index in [0.717, 1.165) is 25.7 Å². The molecular weight excluding hydrogens is 212 g/mol. The van der Waals surface area contributed by atoms with Crippen molar-refractivity contribution in [3.8, 4) is 0 Å². The fourth-order valence-corrected chi connectivity index (χ4v) is 2.95. The Hall–Kier alpha value is -0.120. The van der Waals surface area contributed by atoms with E-state index in [0.29, 0.717) is 11.6 Å². The zero-order chi connectivity index (χ0) is 12.3. The molecule has 1 N–H and O–H groups in total. The summed E-state index contributed by atoms with van der Waals surface area (Å²) in [5.41, 5.74) is 0.373. The molecule has 2 atom stereocenters. The monoisotopic (exact) mass is 240 g/mol. The lowest BCUT2D eigenvalue weighted by atomic mass is 9.91. The van der Waals surface area contributed by atoms with Crippen molar-refractivity contribution in [2.45, 2.75) is 51.6 Å². The topological polar surface area (TPSA) is 24.5 Å². The SMILES string of the molecule is CCOCCCN1CC(C)(C2CC2)NCC1C. The summed E-state index contributed by atoms with van der Waals surface area (Å²) >= 11 is 0. The van der Waals surface area contributed by atoms with Gasteiger partial charge >= 0.3 is 0 Å². The van der Waals surface area contributed by atoms with Crippen LogP contribution in [0.4, 0.5) is 0 Å². The van der Waals surface area contributed by atoms with E-state index in [1.165, 1.54) is 32.4 Å². The molecule has 1 saturated heterocycles. The highest BCUT2D eigenvalue weighted by Crippen LogP contribution is 2.41. The Morgan fingerprint density at radius 1 is 1.41 bits per heavy atom. The summed E-state index contributed by atoms with van der Waals surface area (Å²) in [7, 11) is 0. The van der Waals surface area contributed by atoms with Crippen LogP contribution >= 0.6 is 0 Å². The predicted octanol–water partition coefficient (Wildman–Crippen LogP) is 1.88. The molecule has 3 nitrogen and oxygen atoms in total. The Kier molecular flexibility index (Phi) is 4.45. The summed E-state index contributed by atoms with van der Waals surface area (Å²) in [6.45, 7) is 12.1. The lowest BCUT2D eigenvalue weighted by Gasteiger charge is -2.45.